The average molecular weight is 326 g/mol. The van der Waals surface area contributed by atoms with Crippen LogP contribution in [0.3, 0.4) is 0 Å². The number of carbonyl (C=O) groups is 1. The minimum Gasteiger partial charge on any atom is -0.345 e. The number of hydrogen-bond donors (Lipinski definition) is 0. The van der Waals surface area contributed by atoms with Crippen LogP contribution < -0.4 is 0 Å². The van der Waals surface area contributed by atoms with Crippen LogP contribution in [0.15, 0.2) is 48.7 Å². The highest BCUT2D eigenvalue weighted by atomic mass is 16.2. The number of carbonyl (C=O) groups excluding carboxylic acids is 1. The van der Waals surface area contributed by atoms with Gasteiger partial charge in [0.25, 0.3) is 0 Å². The molecule has 130 valence electrons. The summed E-state index contributed by atoms with van der Waals surface area (Å²) in [6, 6.07) is 14.9. The summed E-state index contributed by atoms with van der Waals surface area (Å²) >= 11 is 0. The van der Waals surface area contributed by atoms with E-state index < -0.39 is 0 Å². The number of benzene rings is 1. The second-order valence-electron chi connectivity index (χ2n) is 6.99. The molecule has 3 nitrogen and oxygen atoms in total. The third kappa shape index (κ3) is 4.98. The van der Waals surface area contributed by atoms with Gasteiger partial charge in [-0.15, -0.1) is 0 Å². The van der Waals surface area contributed by atoms with E-state index in [0.29, 0.717) is 18.9 Å². The number of aromatic nitrogens is 1. The highest BCUT2D eigenvalue weighted by Crippen LogP contribution is 2.16. The van der Waals surface area contributed by atoms with E-state index in [9.17, 15) is 4.79 Å². The zero-order chi connectivity index (χ0) is 17.5. The van der Waals surface area contributed by atoms with Crippen molar-refractivity contribution in [1.29, 1.82) is 0 Å². The van der Waals surface area contributed by atoms with Crippen LogP contribution >= 0.6 is 0 Å². The molecule has 0 aliphatic heterocycles. The van der Waals surface area contributed by atoms with Crippen LogP contribution in [-0.4, -0.2) is 21.4 Å². The van der Waals surface area contributed by atoms with Crippen LogP contribution in [0.1, 0.15) is 51.8 Å². The molecule has 1 atom stereocenters. The molecule has 0 saturated heterocycles. The fourth-order valence-corrected chi connectivity index (χ4v) is 2.88. The lowest BCUT2D eigenvalue weighted by molar-refractivity contribution is -0.134. The molecule has 1 heterocycles. The molecule has 2 aromatic rings. The third-order valence-electron chi connectivity index (χ3n) is 4.48. The van der Waals surface area contributed by atoms with E-state index in [-0.39, 0.29) is 11.9 Å². The molecule has 0 saturated carbocycles. The van der Waals surface area contributed by atoms with E-state index in [2.05, 4.69) is 74.9 Å². The van der Waals surface area contributed by atoms with Crippen molar-refractivity contribution < 1.29 is 4.79 Å². The van der Waals surface area contributed by atoms with Crippen LogP contribution in [-0.2, 0) is 17.9 Å². The fraction of sp³-hybridized carbons (Fsp3) is 0.476. The molecule has 3 heteroatoms. The molecule has 1 aromatic carbocycles. The molecule has 0 radical (unpaired) electrons. The lowest BCUT2D eigenvalue weighted by Crippen LogP contribution is -2.38. The molecule has 0 fully saturated rings. The van der Waals surface area contributed by atoms with Crippen molar-refractivity contribution in [2.45, 2.75) is 59.7 Å². The van der Waals surface area contributed by atoms with Crippen molar-refractivity contribution in [2.75, 3.05) is 0 Å². The number of nitrogens with zero attached hydrogens (tertiary/aromatic N) is 2. The SMILES string of the molecule is CCC(C)N(Cc1cccn1Cc1ccccc1)C(=O)CC(C)C. The second-order valence-corrected chi connectivity index (χ2v) is 6.99. The smallest absolute Gasteiger partial charge is 0.223 e. The molecule has 1 amide bonds. The van der Waals surface area contributed by atoms with Gasteiger partial charge in [-0.25, -0.2) is 0 Å². The first-order chi connectivity index (χ1) is 11.5. The normalized spacial score (nSPS) is 12.4. The van der Waals surface area contributed by atoms with Gasteiger partial charge >= 0.3 is 0 Å². The van der Waals surface area contributed by atoms with Gasteiger partial charge in [-0.1, -0.05) is 51.1 Å². The van der Waals surface area contributed by atoms with E-state index in [0.717, 1.165) is 13.0 Å². The van der Waals surface area contributed by atoms with Gasteiger partial charge in [0.1, 0.15) is 0 Å². The van der Waals surface area contributed by atoms with E-state index >= 15 is 0 Å². The quantitative estimate of drug-likeness (QED) is 0.689. The van der Waals surface area contributed by atoms with Crippen molar-refractivity contribution in [1.82, 2.24) is 9.47 Å². The Kier molecular flexibility index (Phi) is 6.65. The van der Waals surface area contributed by atoms with Crippen LogP contribution in [0.5, 0.6) is 0 Å². The van der Waals surface area contributed by atoms with Crippen molar-refractivity contribution in [3.8, 4) is 0 Å². The highest BCUT2D eigenvalue weighted by molar-refractivity contribution is 5.76. The largest absolute Gasteiger partial charge is 0.345 e. The summed E-state index contributed by atoms with van der Waals surface area (Å²) in [5, 5.41) is 0. The molecule has 0 N–H and O–H groups in total. The summed E-state index contributed by atoms with van der Waals surface area (Å²) < 4.78 is 2.24. The molecular weight excluding hydrogens is 296 g/mol. The summed E-state index contributed by atoms with van der Waals surface area (Å²) in [5.74, 6) is 0.645. The molecule has 0 aliphatic rings. The predicted molar refractivity (Wildman–Crippen MR) is 99.7 cm³/mol. The van der Waals surface area contributed by atoms with E-state index in [1.807, 2.05) is 11.0 Å². The van der Waals surface area contributed by atoms with Gasteiger partial charge in [-0.3, -0.25) is 4.79 Å². The van der Waals surface area contributed by atoms with Crippen LogP contribution in [0.4, 0.5) is 0 Å². The first-order valence-electron chi connectivity index (χ1n) is 8.98. The standard InChI is InChI=1S/C21H30N2O/c1-5-18(4)23(21(24)14-17(2)3)16-20-12-9-13-22(20)15-19-10-7-6-8-11-19/h6-13,17-18H,5,14-16H2,1-4H3. The Hall–Kier alpha value is -2.03. The maximum absolute atomic E-state index is 12.7. The summed E-state index contributed by atoms with van der Waals surface area (Å²) in [7, 11) is 0. The monoisotopic (exact) mass is 326 g/mol. The molecule has 1 aromatic heterocycles. The molecule has 1 unspecified atom stereocenters. The Labute approximate surface area is 146 Å². The Morgan fingerprint density at radius 2 is 1.79 bits per heavy atom. The highest BCUT2D eigenvalue weighted by Gasteiger charge is 2.21. The van der Waals surface area contributed by atoms with Gasteiger partial charge in [0, 0.05) is 30.9 Å². The Balaban J connectivity index is 2.15. The Bertz CT molecular complexity index is 630. The summed E-state index contributed by atoms with van der Waals surface area (Å²) in [4.78, 5) is 14.7. The molecular formula is C21H30N2O. The van der Waals surface area contributed by atoms with Crippen LogP contribution in [0, 0.1) is 5.92 Å². The molecule has 2 rings (SSSR count). The average Bonchev–Trinajstić information content (AvgIpc) is 2.99. The second kappa shape index (κ2) is 8.72. The molecule has 0 bridgehead atoms. The Morgan fingerprint density at radius 1 is 1.08 bits per heavy atom. The van der Waals surface area contributed by atoms with E-state index in [1.165, 1.54) is 11.3 Å². The van der Waals surface area contributed by atoms with Crippen LogP contribution in [0.25, 0.3) is 0 Å². The van der Waals surface area contributed by atoms with Crippen molar-refractivity contribution in [3.05, 3.63) is 59.9 Å². The maximum Gasteiger partial charge on any atom is 0.223 e. The van der Waals surface area contributed by atoms with Crippen molar-refractivity contribution >= 4 is 5.91 Å². The molecule has 0 spiro atoms. The van der Waals surface area contributed by atoms with E-state index in [4.69, 9.17) is 0 Å². The zero-order valence-electron chi connectivity index (χ0n) is 15.4. The molecule has 0 aliphatic carbocycles. The summed E-state index contributed by atoms with van der Waals surface area (Å²) in [6.45, 7) is 10.0. The lowest BCUT2D eigenvalue weighted by atomic mass is 10.1. The van der Waals surface area contributed by atoms with Crippen molar-refractivity contribution in [3.63, 3.8) is 0 Å². The third-order valence-corrected chi connectivity index (χ3v) is 4.48. The van der Waals surface area contributed by atoms with Gasteiger partial charge in [0.2, 0.25) is 5.91 Å². The van der Waals surface area contributed by atoms with Crippen LogP contribution in [0.2, 0.25) is 0 Å². The first kappa shape index (κ1) is 18.3. The number of hydrogen-bond acceptors (Lipinski definition) is 1. The van der Waals surface area contributed by atoms with Gasteiger partial charge in [0.05, 0.1) is 6.54 Å². The first-order valence-corrected chi connectivity index (χ1v) is 8.98. The zero-order valence-corrected chi connectivity index (χ0v) is 15.4. The summed E-state index contributed by atoms with van der Waals surface area (Å²) in [5.41, 5.74) is 2.47. The fourth-order valence-electron chi connectivity index (χ4n) is 2.88. The topological polar surface area (TPSA) is 25.2 Å². The molecule has 24 heavy (non-hydrogen) atoms. The minimum atomic E-state index is 0.256. The van der Waals surface area contributed by atoms with Crippen molar-refractivity contribution in [2.24, 2.45) is 5.92 Å². The lowest BCUT2D eigenvalue weighted by Gasteiger charge is -2.30. The number of rotatable bonds is 8. The predicted octanol–water partition coefficient (Wildman–Crippen LogP) is 4.71. The van der Waals surface area contributed by atoms with Gasteiger partial charge in [0.15, 0.2) is 0 Å². The summed E-state index contributed by atoms with van der Waals surface area (Å²) in [6.07, 6.45) is 3.69. The van der Waals surface area contributed by atoms with Gasteiger partial charge in [-0.2, -0.15) is 0 Å². The minimum absolute atomic E-state index is 0.256. The number of amides is 1. The Morgan fingerprint density at radius 3 is 2.42 bits per heavy atom. The van der Waals surface area contributed by atoms with E-state index in [1.54, 1.807) is 0 Å². The van der Waals surface area contributed by atoms with Gasteiger partial charge in [-0.05, 0) is 37.0 Å². The van der Waals surface area contributed by atoms with Gasteiger partial charge < -0.3 is 9.47 Å². The maximum atomic E-state index is 12.7.